The standard InChI is InChI=1S/C18H23N3O4/c1-13(18(24)20-7-9-25-10-8-20)19-17(23)14-11-16(22)21(12-14)15-5-3-2-4-6-15/h2-6,13-14H,7-12H2,1H3,(H,19,23)/t13-,14+/m0/s1. The van der Waals surface area contributed by atoms with Gasteiger partial charge in [0.15, 0.2) is 0 Å². The van der Waals surface area contributed by atoms with Crippen LogP contribution in [-0.4, -0.2) is 61.5 Å². The monoisotopic (exact) mass is 345 g/mol. The maximum absolute atomic E-state index is 12.5. The van der Waals surface area contributed by atoms with E-state index in [-0.39, 0.29) is 24.1 Å². The molecule has 2 aliphatic rings. The van der Waals surface area contributed by atoms with Crippen molar-refractivity contribution in [3.8, 4) is 0 Å². The fraction of sp³-hybridized carbons (Fsp3) is 0.500. The molecule has 25 heavy (non-hydrogen) atoms. The first kappa shape index (κ1) is 17.4. The Morgan fingerprint density at radius 3 is 2.56 bits per heavy atom. The van der Waals surface area contributed by atoms with Crippen LogP contribution in [0, 0.1) is 5.92 Å². The van der Waals surface area contributed by atoms with E-state index in [0.717, 1.165) is 5.69 Å². The van der Waals surface area contributed by atoms with E-state index in [2.05, 4.69) is 5.32 Å². The molecule has 1 aromatic carbocycles. The number of rotatable bonds is 4. The maximum Gasteiger partial charge on any atom is 0.245 e. The van der Waals surface area contributed by atoms with Crippen molar-refractivity contribution in [3.63, 3.8) is 0 Å². The Kier molecular flexibility index (Phi) is 5.33. The Morgan fingerprint density at radius 1 is 1.20 bits per heavy atom. The van der Waals surface area contributed by atoms with E-state index in [1.807, 2.05) is 30.3 Å². The zero-order valence-electron chi connectivity index (χ0n) is 14.3. The molecule has 3 amide bonds. The van der Waals surface area contributed by atoms with E-state index >= 15 is 0 Å². The second-order valence-electron chi connectivity index (χ2n) is 6.41. The Balaban J connectivity index is 1.56. The van der Waals surface area contributed by atoms with Crippen molar-refractivity contribution in [1.29, 1.82) is 0 Å². The Labute approximate surface area is 146 Å². The lowest BCUT2D eigenvalue weighted by Crippen LogP contribution is -2.51. The lowest BCUT2D eigenvalue weighted by atomic mass is 10.1. The summed E-state index contributed by atoms with van der Waals surface area (Å²) in [4.78, 5) is 40.4. The molecule has 0 saturated carbocycles. The van der Waals surface area contributed by atoms with E-state index in [0.29, 0.717) is 32.8 Å². The van der Waals surface area contributed by atoms with Gasteiger partial charge in [0.25, 0.3) is 0 Å². The van der Waals surface area contributed by atoms with Crippen molar-refractivity contribution in [2.24, 2.45) is 5.92 Å². The topological polar surface area (TPSA) is 79.0 Å². The number of hydrogen-bond donors (Lipinski definition) is 1. The number of hydrogen-bond acceptors (Lipinski definition) is 4. The summed E-state index contributed by atoms with van der Waals surface area (Å²) in [5.41, 5.74) is 0.792. The van der Waals surface area contributed by atoms with Crippen LogP contribution >= 0.6 is 0 Å². The van der Waals surface area contributed by atoms with E-state index in [1.54, 1.807) is 16.7 Å². The summed E-state index contributed by atoms with van der Waals surface area (Å²) in [6.45, 7) is 4.16. The zero-order chi connectivity index (χ0) is 17.8. The molecule has 134 valence electrons. The summed E-state index contributed by atoms with van der Waals surface area (Å²) < 4.78 is 5.23. The van der Waals surface area contributed by atoms with Crippen LogP contribution in [0.3, 0.4) is 0 Å². The second-order valence-corrected chi connectivity index (χ2v) is 6.41. The van der Waals surface area contributed by atoms with E-state index < -0.39 is 12.0 Å². The molecule has 3 rings (SSSR count). The van der Waals surface area contributed by atoms with Gasteiger partial charge in [0.1, 0.15) is 6.04 Å². The molecule has 1 N–H and O–H groups in total. The summed E-state index contributed by atoms with van der Waals surface area (Å²) in [5, 5.41) is 2.76. The van der Waals surface area contributed by atoms with Gasteiger partial charge in [0.05, 0.1) is 19.1 Å². The Morgan fingerprint density at radius 2 is 1.88 bits per heavy atom. The summed E-state index contributed by atoms with van der Waals surface area (Å²) in [6.07, 6.45) is 0.166. The number of benzene rings is 1. The van der Waals surface area contributed by atoms with Crippen LogP contribution in [0.1, 0.15) is 13.3 Å². The smallest absolute Gasteiger partial charge is 0.245 e. The molecule has 0 unspecified atom stereocenters. The number of nitrogens with zero attached hydrogens (tertiary/aromatic N) is 2. The van der Waals surface area contributed by atoms with Gasteiger partial charge >= 0.3 is 0 Å². The molecule has 0 bridgehead atoms. The van der Waals surface area contributed by atoms with Crippen molar-refractivity contribution in [1.82, 2.24) is 10.2 Å². The molecule has 0 aliphatic carbocycles. The van der Waals surface area contributed by atoms with Crippen molar-refractivity contribution in [3.05, 3.63) is 30.3 Å². The zero-order valence-corrected chi connectivity index (χ0v) is 14.3. The average molecular weight is 345 g/mol. The minimum atomic E-state index is -0.605. The van der Waals surface area contributed by atoms with Crippen LogP contribution in [0.4, 0.5) is 5.69 Å². The van der Waals surface area contributed by atoms with Crippen molar-refractivity contribution in [2.45, 2.75) is 19.4 Å². The molecular formula is C18H23N3O4. The number of amides is 3. The average Bonchev–Trinajstić information content (AvgIpc) is 3.04. The number of ether oxygens (including phenoxy) is 1. The maximum atomic E-state index is 12.5. The van der Waals surface area contributed by atoms with E-state index in [1.165, 1.54) is 0 Å². The van der Waals surface area contributed by atoms with Gasteiger partial charge in [-0.1, -0.05) is 18.2 Å². The van der Waals surface area contributed by atoms with Gasteiger partial charge in [0.2, 0.25) is 17.7 Å². The molecule has 7 heteroatoms. The highest BCUT2D eigenvalue weighted by molar-refractivity contribution is 6.01. The second kappa shape index (κ2) is 7.65. The molecule has 7 nitrogen and oxygen atoms in total. The normalized spacial score (nSPS) is 22.0. The summed E-state index contributed by atoms with van der Waals surface area (Å²) in [6, 6.07) is 8.70. The lowest BCUT2D eigenvalue weighted by molar-refractivity contribution is -0.140. The first-order valence-electron chi connectivity index (χ1n) is 8.58. The highest BCUT2D eigenvalue weighted by Gasteiger charge is 2.36. The number of anilines is 1. The van der Waals surface area contributed by atoms with E-state index in [9.17, 15) is 14.4 Å². The van der Waals surface area contributed by atoms with Gasteiger partial charge in [-0.2, -0.15) is 0 Å². The van der Waals surface area contributed by atoms with E-state index in [4.69, 9.17) is 4.74 Å². The highest BCUT2D eigenvalue weighted by atomic mass is 16.5. The largest absolute Gasteiger partial charge is 0.378 e. The first-order valence-corrected chi connectivity index (χ1v) is 8.58. The summed E-state index contributed by atoms with van der Waals surface area (Å²) in [5.74, 6) is -0.868. The van der Waals surface area contributed by atoms with Gasteiger partial charge < -0.3 is 19.9 Å². The predicted octanol–water partition coefficient (Wildman–Crippen LogP) is 0.403. The molecule has 2 fully saturated rings. The molecular weight excluding hydrogens is 322 g/mol. The van der Waals surface area contributed by atoms with Crippen LogP contribution in [0.2, 0.25) is 0 Å². The minimum absolute atomic E-state index is 0.0708. The minimum Gasteiger partial charge on any atom is -0.378 e. The molecule has 0 aromatic heterocycles. The van der Waals surface area contributed by atoms with Crippen LogP contribution in [0.15, 0.2) is 30.3 Å². The predicted molar refractivity (Wildman–Crippen MR) is 91.9 cm³/mol. The number of morpholine rings is 1. The number of carbonyl (C=O) groups excluding carboxylic acids is 3. The molecule has 2 aliphatic heterocycles. The van der Waals surface area contributed by atoms with Crippen molar-refractivity contribution < 1.29 is 19.1 Å². The van der Waals surface area contributed by atoms with Gasteiger partial charge in [-0.15, -0.1) is 0 Å². The van der Waals surface area contributed by atoms with Crippen LogP contribution < -0.4 is 10.2 Å². The SMILES string of the molecule is C[C@H](NC(=O)[C@@H]1CC(=O)N(c2ccccc2)C1)C(=O)N1CCOCC1. The quantitative estimate of drug-likeness (QED) is 0.857. The fourth-order valence-corrected chi connectivity index (χ4v) is 3.19. The third-order valence-electron chi connectivity index (χ3n) is 4.62. The molecule has 2 saturated heterocycles. The summed E-state index contributed by atoms with van der Waals surface area (Å²) >= 11 is 0. The third-order valence-corrected chi connectivity index (χ3v) is 4.62. The van der Waals surface area contributed by atoms with Gasteiger partial charge in [-0.3, -0.25) is 14.4 Å². The lowest BCUT2D eigenvalue weighted by Gasteiger charge is -2.29. The molecule has 0 spiro atoms. The number of carbonyl (C=O) groups is 3. The fourth-order valence-electron chi connectivity index (χ4n) is 3.19. The molecule has 2 atom stereocenters. The van der Waals surface area contributed by atoms with Gasteiger partial charge in [-0.05, 0) is 19.1 Å². The molecule has 2 heterocycles. The Hall–Kier alpha value is -2.41. The molecule has 1 aromatic rings. The van der Waals surface area contributed by atoms with Crippen LogP contribution in [-0.2, 0) is 19.1 Å². The molecule has 0 radical (unpaired) electrons. The number of para-hydroxylation sites is 1. The first-order chi connectivity index (χ1) is 12.1. The number of nitrogens with one attached hydrogen (secondary N) is 1. The van der Waals surface area contributed by atoms with Gasteiger partial charge in [0, 0.05) is 31.7 Å². The third kappa shape index (κ3) is 3.99. The van der Waals surface area contributed by atoms with Crippen LogP contribution in [0.5, 0.6) is 0 Å². The van der Waals surface area contributed by atoms with Gasteiger partial charge in [-0.25, -0.2) is 0 Å². The van der Waals surface area contributed by atoms with Crippen molar-refractivity contribution in [2.75, 3.05) is 37.7 Å². The van der Waals surface area contributed by atoms with Crippen molar-refractivity contribution >= 4 is 23.4 Å². The summed E-state index contributed by atoms with van der Waals surface area (Å²) in [7, 11) is 0. The Bertz CT molecular complexity index is 643. The highest BCUT2D eigenvalue weighted by Crippen LogP contribution is 2.25. The van der Waals surface area contributed by atoms with Crippen LogP contribution in [0.25, 0.3) is 0 Å².